The minimum Gasteiger partial charge on any atom is -0.461 e. The van der Waals surface area contributed by atoms with Gasteiger partial charge in [-0.25, -0.2) is 4.79 Å². The zero-order valence-corrected chi connectivity index (χ0v) is 7.63. The summed E-state index contributed by atoms with van der Waals surface area (Å²) in [5.41, 5.74) is 0.391. The summed E-state index contributed by atoms with van der Waals surface area (Å²) < 4.78 is 4.68. The Morgan fingerprint density at radius 2 is 2.33 bits per heavy atom. The summed E-state index contributed by atoms with van der Waals surface area (Å²) in [6.45, 7) is 6.14. The summed E-state index contributed by atoms with van der Waals surface area (Å²) in [6, 6.07) is 1.57. The number of nitrogens with zero attached hydrogens (tertiary/aromatic N) is 1. The molecule has 0 fully saturated rings. The van der Waals surface area contributed by atoms with Crippen molar-refractivity contribution in [1.29, 1.82) is 0 Å². The molecule has 0 saturated heterocycles. The van der Waals surface area contributed by atoms with Crippen LogP contribution in [0.4, 0.5) is 0 Å². The van der Waals surface area contributed by atoms with Crippen molar-refractivity contribution in [2.24, 2.45) is 0 Å². The number of rotatable bonds is 2. The lowest BCUT2D eigenvalue weighted by Crippen LogP contribution is -2.04. The van der Waals surface area contributed by atoms with Crippen LogP contribution in [-0.2, 0) is 4.74 Å². The lowest BCUT2D eigenvalue weighted by atomic mass is 10.4. The van der Waals surface area contributed by atoms with Crippen LogP contribution in [0.1, 0.15) is 31.3 Å². The van der Waals surface area contributed by atoms with Crippen LogP contribution in [0.25, 0.3) is 0 Å². The van der Waals surface area contributed by atoms with Crippen molar-refractivity contribution in [3.63, 3.8) is 0 Å². The van der Waals surface area contributed by atoms with Crippen molar-refractivity contribution < 1.29 is 9.53 Å². The quantitative estimate of drug-likeness (QED) is 0.686. The molecule has 1 aromatic heterocycles. The monoisotopic (exact) mass is 170 g/mol. The fourth-order valence-corrected chi connectivity index (χ4v) is 0.578. The Morgan fingerprint density at radius 3 is 2.75 bits per heavy atom. The molecule has 0 aromatic carbocycles. The molecule has 0 aliphatic rings. The minimum absolute atomic E-state index is 0.361. The molecule has 4 nitrogen and oxygen atoms in total. The molecule has 1 aromatic rings. The van der Waals surface area contributed by atoms with Crippen LogP contribution in [0.15, 0.2) is 12.3 Å². The number of aromatic nitrogens is 2. The number of hydrogen-bond donors (Lipinski definition) is 1. The third-order valence-corrected chi connectivity index (χ3v) is 0.996. The van der Waals surface area contributed by atoms with Gasteiger partial charge in [0.05, 0.1) is 6.61 Å². The summed E-state index contributed by atoms with van der Waals surface area (Å²) in [5.74, 6) is -0.361. The number of carbonyl (C=O) groups is 1. The Kier molecular flexibility index (Phi) is 5.69. The Hall–Kier alpha value is -1.32. The van der Waals surface area contributed by atoms with Crippen LogP contribution < -0.4 is 0 Å². The van der Waals surface area contributed by atoms with Crippen LogP contribution in [0.3, 0.4) is 0 Å². The van der Waals surface area contributed by atoms with Gasteiger partial charge in [0.15, 0.2) is 0 Å². The first-order chi connectivity index (χ1) is 5.84. The van der Waals surface area contributed by atoms with E-state index < -0.39 is 0 Å². The lowest BCUT2D eigenvalue weighted by molar-refractivity contribution is 0.0519. The number of esters is 1. The zero-order valence-electron chi connectivity index (χ0n) is 7.63. The van der Waals surface area contributed by atoms with E-state index in [1.807, 2.05) is 13.8 Å². The highest BCUT2D eigenvalue weighted by atomic mass is 16.5. The molecular formula is C8H14N2O2. The third kappa shape index (κ3) is 3.18. The van der Waals surface area contributed by atoms with E-state index >= 15 is 0 Å². The smallest absolute Gasteiger partial charge is 0.356 e. The van der Waals surface area contributed by atoms with E-state index in [1.165, 1.54) is 6.20 Å². The molecule has 0 unspecified atom stereocenters. The maximum absolute atomic E-state index is 10.8. The minimum atomic E-state index is -0.361. The average Bonchev–Trinajstić information content (AvgIpc) is 2.60. The topological polar surface area (TPSA) is 55.0 Å². The fraction of sp³-hybridized carbons (Fsp3) is 0.500. The summed E-state index contributed by atoms with van der Waals surface area (Å²) in [7, 11) is 0. The normalized spacial score (nSPS) is 8.25. The molecule has 68 valence electrons. The molecule has 12 heavy (non-hydrogen) atoms. The number of aromatic amines is 1. The second kappa shape index (κ2) is 6.39. The largest absolute Gasteiger partial charge is 0.461 e. The van der Waals surface area contributed by atoms with Gasteiger partial charge in [-0.15, -0.1) is 0 Å². The Bertz CT molecular complexity index is 207. The molecule has 0 spiro atoms. The fourth-order valence-electron chi connectivity index (χ4n) is 0.578. The predicted octanol–water partition coefficient (Wildman–Crippen LogP) is 1.61. The van der Waals surface area contributed by atoms with Crippen molar-refractivity contribution >= 4 is 5.97 Å². The van der Waals surface area contributed by atoms with E-state index in [0.717, 1.165) is 0 Å². The van der Waals surface area contributed by atoms with Gasteiger partial charge in [0, 0.05) is 6.20 Å². The second-order valence-electron chi connectivity index (χ2n) is 1.69. The molecule has 0 amide bonds. The molecule has 0 aliphatic heterocycles. The summed E-state index contributed by atoms with van der Waals surface area (Å²) in [5, 5.41) is 6.10. The maximum atomic E-state index is 10.8. The molecule has 4 heteroatoms. The highest BCUT2D eigenvalue weighted by Crippen LogP contribution is 1.93. The molecule has 0 atom stereocenters. The average molecular weight is 170 g/mol. The van der Waals surface area contributed by atoms with Crippen LogP contribution in [-0.4, -0.2) is 22.8 Å². The molecule has 0 aliphatic carbocycles. The van der Waals surface area contributed by atoms with Gasteiger partial charge in [-0.2, -0.15) is 5.10 Å². The molecule has 1 rings (SSSR count). The Morgan fingerprint density at radius 1 is 1.67 bits per heavy atom. The van der Waals surface area contributed by atoms with Gasteiger partial charge in [-0.05, 0) is 13.0 Å². The highest BCUT2D eigenvalue weighted by molar-refractivity contribution is 5.86. The van der Waals surface area contributed by atoms with E-state index in [-0.39, 0.29) is 5.97 Å². The van der Waals surface area contributed by atoms with Gasteiger partial charge in [-0.3, -0.25) is 5.10 Å². The molecule has 0 radical (unpaired) electrons. The summed E-state index contributed by atoms with van der Waals surface area (Å²) in [4.78, 5) is 10.8. The van der Waals surface area contributed by atoms with E-state index in [2.05, 4.69) is 14.9 Å². The van der Waals surface area contributed by atoms with Gasteiger partial charge in [-0.1, -0.05) is 13.8 Å². The van der Waals surface area contributed by atoms with Gasteiger partial charge in [0.1, 0.15) is 5.69 Å². The Labute approximate surface area is 71.9 Å². The molecule has 0 bridgehead atoms. The van der Waals surface area contributed by atoms with Gasteiger partial charge >= 0.3 is 5.97 Å². The van der Waals surface area contributed by atoms with Gasteiger partial charge in [0.25, 0.3) is 0 Å². The molecule has 1 N–H and O–H groups in total. The first kappa shape index (κ1) is 10.7. The second-order valence-corrected chi connectivity index (χ2v) is 1.69. The summed E-state index contributed by atoms with van der Waals surface area (Å²) in [6.07, 6.45) is 1.51. The number of hydrogen-bond acceptors (Lipinski definition) is 3. The number of carbonyl (C=O) groups excluding carboxylic acids is 1. The van der Waals surface area contributed by atoms with E-state index in [9.17, 15) is 4.79 Å². The lowest BCUT2D eigenvalue weighted by Gasteiger charge is -1.95. The Balaban J connectivity index is 0.000000561. The highest BCUT2D eigenvalue weighted by Gasteiger charge is 2.05. The van der Waals surface area contributed by atoms with Crippen molar-refractivity contribution in [1.82, 2.24) is 10.2 Å². The number of H-pyrrole nitrogens is 1. The van der Waals surface area contributed by atoms with Crippen LogP contribution in [0.2, 0.25) is 0 Å². The summed E-state index contributed by atoms with van der Waals surface area (Å²) >= 11 is 0. The maximum Gasteiger partial charge on any atom is 0.356 e. The van der Waals surface area contributed by atoms with Gasteiger partial charge in [0.2, 0.25) is 0 Å². The number of ether oxygens (including phenoxy) is 1. The predicted molar refractivity (Wildman–Crippen MR) is 45.9 cm³/mol. The first-order valence-corrected chi connectivity index (χ1v) is 4.01. The number of nitrogens with one attached hydrogen (secondary N) is 1. The third-order valence-electron chi connectivity index (χ3n) is 0.996. The van der Waals surface area contributed by atoms with Crippen LogP contribution in [0.5, 0.6) is 0 Å². The zero-order chi connectivity index (χ0) is 9.40. The van der Waals surface area contributed by atoms with Crippen molar-refractivity contribution in [2.45, 2.75) is 20.8 Å². The standard InChI is InChI=1S/C6H8N2O2.C2H6/c1-2-10-6(9)5-3-4-7-8-5;1-2/h3-4H,2H2,1H3,(H,7,8);1-2H3. The first-order valence-electron chi connectivity index (χ1n) is 4.01. The van der Waals surface area contributed by atoms with E-state index in [4.69, 9.17) is 0 Å². The van der Waals surface area contributed by atoms with Crippen LogP contribution in [0, 0.1) is 0 Å². The van der Waals surface area contributed by atoms with Crippen molar-refractivity contribution in [3.05, 3.63) is 18.0 Å². The SMILES string of the molecule is CC.CCOC(=O)c1ccn[nH]1. The van der Waals surface area contributed by atoms with E-state index in [1.54, 1.807) is 13.0 Å². The van der Waals surface area contributed by atoms with Gasteiger partial charge < -0.3 is 4.74 Å². The molecule has 1 heterocycles. The van der Waals surface area contributed by atoms with Crippen LogP contribution >= 0.6 is 0 Å². The van der Waals surface area contributed by atoms with E-state index in [0.29, 0.717) is 12.3 Å². The van der Waals surface area contributed by atoms with Crippen molar-refractivity contribution in [2.75, 3.05) is 6.61 Å². The molecular weight excluding hydrogens is 156 g/mol. The van der Waals surface area contributed by atoms with Crippen molar-refractivity contribution in [3.8, 4) is 0 Å². The molecule has 0 saturated carbocycles.